The van der Waals surface area contributed by atoms with Crippen LogP contribution in [0.2, 0.25) is 5.02 Å². The van der Waals surface area contributed by atoms with E-state index in [1.165, 1.54) is 18.4 Å². The van der Waals surface area contributed by atoms with Gasteiger partial charge < -0.3 is 5.32 Å². The molecule has 1 nitrogen and oxygen atoms in total. The lowest BCUT2D eigenvalue weighted by Crippen LogP contribution is -2.34. The Morgan fingerprint density at radius 2 is 1.47 bits per heavy atom. The second-order valence-corrected chi connectivity index (χ2v) is 6.77. The number of benzene rings is 1. The van der Waals surface area contributed by atoms with Gasteiger partial charge in [-0.2, -0.15) is 0 Å². The normalized spacial score (nSPS) is 13.5. The van der Waals surface area contributed by atoms with Crippen molar-refractivity contribution >= 4 is 11.6 Å². The van der Waals surface area contributed by atoms with Gasteiger partial charge in [0, 0.05) is 17.1 Å². The number of rotatable bonds is 7. The van der Waals surface area contributed by atoms with Gasteiger partial charge in [-0.3, -0.25) is 0 Å². The van der Waals surface area contributed by atoms with Crippen molar-refractivity contribution in [1.29, 1.82) is 0 Å². The molecule has 0 bridgehead atoms. The van der Waals surface area contributed by atoms with Crippen LogP contribution < -0.4 is 5.32 Å². The first-order valence-corrected chi connectivity index (χ1v) is 7.78. The van der Waals surface area contributed by atoms with E-state index in [0.717, 1.165) is 16.9 Å². The molecule has 1 aromatic rings. The smallest absolute Gasteiger partial charge is 0.0453 e. The van der Waals surface area contributed by atoms with Crippen molar-refractivity contribution in [2.75, 3.05) is 0 Å². The Bertz CT molecular complexity index is 363. The molecule has 0 saturated heterocycles. The van der Waals surface area contributed by atoms with Crippen LogP contribution in [-0.4, -0.2) is 6.04 Å². The maximum absolute atomic E-state index is 6.27. The molecule has 0 aliphatic heterocycles. The number of halogens is 1. The van der Waals surface area contributed by atoms with Gasteiger partial charge in [-0.15, -0.1) is 0 Å². The third kappa shape index (κ3) is 5.97. The van der Waals surface area contributed by atoms with E-state index in [-0.39, 0.29) is 0 Å². The summed E-state index contributed by atoms with van der Waals surface area (Å²) in [6.45, 7) is 11.4. The number of nitrogens with one attached hydrogen (secondary N) is 1. The topological polar surface area (TPSA) is 12.0 Å². The summed E-state index contributed by atoms with van der Waals surface area (Å²) in [7, 11) is 0. The summed E-state index contributed by atoms with van der Waals surface area (Å²) in [5.41, 5.74) is 1.20. The maximum atomic E-state index is 6.27. The van der Waals surface area contributed by atoms with Crippen molar-refractivity contribution in [1.82, 2.24) is 5.32 Å². The molecular formula is C17H28ClN. The van der Waals surface area contributed by atoms with E-state index in [0.29, 0.717) is 12.1 Å². The van der Waals surface area contributed by atoms with Crippen molar-refractivity contribution in [2.24, 2.45) is 11.8 Å². The fraction of sp³-hybridized carbons (Fsp3) is 0.647. The molecule has 0 amide bonds. The summed E-state index contributed by atoms with van der Waals surface area (Å²) < 4.78 is 0. The zero-order valence-electron chi connectivity index (χ0n) is 12.9. The molecule has 1 N–H and O–H groups in total. The first kappa shape index (κ1) is 16.5. The van der Waals surface area contributed by atoms with Crippen molar-refractivity contribution in [3.8, 4) is 0 Å². The van der Waals surface area contributed by atoms with Crippen molar-refractivity contribution in [3.63, 3.8) is 0 Å². The van der Waals surface area contributed by atoms with E-state index in [4.69, 9.17) is 11.6 Å². The minimum atomic E-state index is 0.302. The van der Waals surface area contributed by atoms with E-state index >= 15 is 0 Å². The van der Waals surface area contributed by atoms with Gasteiger partial charge in [0.1, 0.15) is 0 Å². The number of hydrogen-bond acceptors (Lipinski definition) is 1. The zero-order valence-corrected chi connectivity index (χ0v) is 13.7. The van der Waals surface area contributed by atoms with Crippen molar-refractivity contribution < 1.29 is 0 Å². The molecule has 1 atom stereocenters. The lowest BCUT2D eigenvalue weighted by molar-refractivity contribution is 0.335. The average Bonchev–Trinajstić information content (AvgIpc) is 2.27. The molecule has 1 rings (SSSR count). The van der Waals surface area contributed by atoms with Gasteiger partial charge in [0.05, 0.1) is 0 Å². The molecule has 0 saturated carbocycles. The van der Waals surface area contributed by atoms with Crippen LogP contribution in [0.3, 0.4) is 0 Å². The summed E-state index contributed by atoms with van der Waals surface area (Å²) in [5.74, 6) is 1.43. The maximum Gasteiger partial charge on any atom is 0.0453 e. The minimum absolute atomic E-state index is 0.302. The number of hydrogen-bond donors (Lipinski definition) is 1. The van der Waals surface area contributed by atoms with Crippen LogP contribution in [0.5, 0.6) is 0 Å². The van der Waals surface area contributed by atoms with Crippen LogP contribution >= 0.6 is 11.6 Å². The van der Waals surface area contributed by atoms with Gasteiger partial charge in [0.25, 0.3) is 0 Å². The molecule has 108 valence electrons. The second kappa shape index (κ2) is 7.91. The molecular weight excluding hydrogens is 254 g/mol. The van der Waals surface area contributed by atoms with Gasteiger partial charge in [-0.05, 0) is 43.2 Å². The first-order valence-electron chi connectivity index (χ1n) is 7.40. The monoisotopic (exact) mass is 281 g/mol. The third-order valence-corrected chi connectivity index (χ3v) is 3.71. The Kier molecular flexibility index (Phi) is 6.88. The van der Waals surface area contributed by atoms with Gasteiger partial charge in [-0.25, -0.2) is 0 Å². The van der Waals surface area contributed by atoms with Crippen molar-refractivity contribution in [3.05, 3.63) is 34.9 Å². The molecule has 0 fully saturated rings. The standard InChI is InChI=1S/C17H28ClN/c1-12(2)10-15(11-13(3)4)19-14(5)16-8-6-7-9-17(16)18/h6-9,12-15,19H,10-11H2,1-5H3/t14-/m1/s1. The highest BCUT2D eigenvalue weighted by Gasteiger charge is 2.17. The minimum Gasteiger partial charge on any atom is -0.307 e. The predicted molar refractivity (Wildman–Crippen MR) is 85.7 cm³/mol. The van der Waals surface area contributed by atoms with E-state index in [1.807, 2.05) is 12.1 Å². The molecule has 0 spiro atoms. The SMILES string of the molecule is CC(C)CC(CC(C)C)N[C@H](C)c1ccccc1Cl. The molecule has 1 aromatic carbocycles. The lowest BCUT2D eigenvalue weighted by atomic mass is 9.94. The van der Waals surface area contributed by atoms with Crippen LogP contribution in [0.1, 0.15) is 59.1 Å². The molecule has 0 heterocycles. The van der Waals surface area contributed by atoms with E-state index in [2.05, 4.69) is 52.1 Å². The Labute approximate surface area is 123 Å². The summed E-state index contributed by atoms with van der Waals surface area (Å²) in [4.78, 5) is 0. The largest absolute Gasteiger partial charge is 0.307 e. The molecule has 0 aliphatic rings. The van der Waals surface area contributed by atoms with Crippen LogP contribution in [0.25, 0.3) is 0 Å². The second-order valence-electron chi connectivity index (χ2n) is 6.37. The molecule has 19 heavy (non-hydrogen) atoms. The highest BCUT2D eigenvalue weighted by atomic mass is 35.5. The third-order valence-electron chi connectivity index (χ3n) is 3.37. The Balaban J connectivity index is 2.70. The quantitative estimate of drug-likeness (QED) is 0.700. The zero-order chi connectivity index (χ0) is 14.4. The lowest BCUT2D eigenvalue weighted by Gasteiger charge is -2.27. The van der Waals surface area contributed by atoms with E-state index < -0.39 is 0 Å². The van der Waals surface area contributed by atoms with Gasteiger partial charge in [0.15, 0.2) is 0 Å². The molecule has 2 heteroatoms. The summed E-state index contributed by atoms with van der Waals surface area (Å²) >= 11 is 6.27. The predicted octanol–water partition coefficient (Wildman–Crippen LogP) is 5.45. The van der Waals surface area contributed by atoms with Gasteiger partial charge >= 0.3 is 0 Å². The van der Waals surface area contributed by atoms with Crippen molar-refractivity contribution in [2.45, 2.75) is 59.5 Å². The van der Waals surface area contributed by atoms with Gasteiger partial charge in [0.2, 0.25) is 0 Å². The molecule has 0 unspecified atom stereocenters. The molecule has 0 radical (unpaired) electrons. The highest BCUT2D eigenvalue weighted by Crippen LogP contribution is 2.24. The summed E-state index contributed by atoms with van der Waals surface area (Å²) in [6.07, 6.45) is 2.43. The van der Waals surface area contributed by atoms with Gasteiger partial charge in [-0.1, -0.05) is 57.5 Å². The summed E-state index contributed by atoms with van der Waals surface area (Å²) in [6, 6.07) is 8.98. The Morgan fingerprint density at radius 3 is 1.95 bits per heavy atom. The fourth-order valence-corrected chi connectivity index (χ4v) is 2.94. The van der Waals surface area contributed by atoms with Crippen LogP contribution in [0, 0.1) is 11.8 Å². The first-order chi connectivity index (χ1) is 8.90. The van der Waals surface area contributed by atoms with E-state index in [1.54, 1.807) is 0 Å². The molecule has 0 aromatic heterocycles. The van der Waals surface area contributed by atoms with Crippen LogP contribution in [0.15, 0.2) is 24.3 Å². The fourth-order valence-electron chi connectivity index (χ4n) is 2.64. The van der Waals surface area contributed by atoms with Crippen LogP contribution in [-0.2, 0) is 0 Å². The molecule has 0 aliphatic carbocycles. The average molecular weight is 282 g/mol. The van der Waals surface area contributed by atoms with E-state index in [9.17, 15) is 0 Å². The Morgan fingerprint density at radius 1 is 0.947 bits per heavy atom. The Hall–Kier alpha value is -0.530. The highest BCUT2D eigenvalue weighted by molar-refractivity contribution is 6.31. The summed E-state index contributed by atoms with van der Waals surface area (Å²) in [5, 5.41) is 4.61. The van der Waals surface area contributed by atoms with Crippen LogP contribution in [0.4, 0.5) is 0 Å².